The van der Waals surface area contributed by atoms with Crippen LogP contribution in [0.3, 0.4) is 0 Å². The molecule has 0 aliphatic rings. The van der Waals surface area contributed by atoms with E-state index in [1.807, 2.05) is 25.1 Å². The zero-order valence-electron chi connectivity index (χ0n) is 10.5. The van der Waals surface area contributed by atoms with Crippen LogP contribution in [0.15, 0.2) is 22.7 Å². The van der Waals surface area contributed by atoms with Crippen molar-refractivity contribution >= 4 is 25.8 Å². The highest BCUT2D eigenvalue weighted by molar-refractivity contribution is 9.10. The molecule has 0 unspecified atom stereocenters. The van der Waals surface area contributed by atoms with Crippen LogP contribution in [-0.4, -0.2) is 27.0 Å². The molecule has 0 radical (unpaired) electrons. The van der Waals surface area contributed by atoms with E-state index >= 15 is 0 Å². The molecule has 2 N–H and O–H groups in total. The molecule has 0 spiro atoms. The average molecular weight is 336 g/mol. The minimum atomic E-state index is -2.92. The Morgan fingerprint density at radius 3 is 2.67 bits per heavy atom. The first-order valence-electron chi connectivity index (χ1n) is 5.65. The first-order chi connectivity index (χ1) is 8.29. The Labute approximate surface area is 117 Å². The summed E-state index contributed by atoms with van der Waals surface area (Å²) >= 11 is 3.38. The minimum absolute atomic E-state index is 0.132. The van der Waals surface area contributed by atoms with Gasteiger partial charge in [0.1, 0.15) is 15.6 Å². The maximum Gasteiger partial charge on any atom is 0.147 e. The van der Waals surface area contributed by atoms with Crippen LogP contribution in [0.1, 0.15) is 24.9 Å². The molecule has 0 saturated heterocycles. The van der Waals surface area contributed by atoms with E-state index in [1.54, 1.807) is 0 Å². The first-order valence-corrected chi connectivity index (χ1v) is 8.50. The van der Waals surface area contributed by atoms with Crippen LogP contribution in [0.25, 0.3) is 0 Å². The molecule has 0 bridgehead atoms. The maximum absolute atomic E-state index is 11.0. The summed E-state index contributed by atoms with van der Waals surface area (Å²) < 4.78 is 28.5. The van der Waals surface area contributed by atoms with Gasteiger partial charge in [-0.05, 0) is 31.5 Å². The van der Waals surface area contributed by atoms with Gasteiger partial charge in [0.2, 0.25) is 0 Å². The number of ether oxygens (including phenoxy) is 1. The van der Waals surface area contributed by atoms with E-state index in [0.717, 1.165) is 10.0 Å². The molecular formula is C12H18BrNO3S. The van der Waals surface area contributed by atoms with Gasteiger partial charge in [0.25, 0.3) is 0 Å². The van der Waals surface area contributed by atoms with Crippen molar-refractivity contribution in [3.8, 4) is 5.75 Å². The molecular weight excluding hydrogens is 318 g/mol. The molecule has 0 heterocycles. The lowest BCUT2D eigenvalue weighted by molar-refractivity contribution is 0.313. The first kappa shape index (κ1) is 15.5. The number of sulfone groups is 1. The summed E-state index contributed by atoms with van der Waals surface area (Å²) in [6.07, 6.45) is 1.70. The van der Waals surface area contributed by atoms with Crippen LogP contribution in [-0.2, 0) is 9.84 Å². The third-order valence-corrected chi connectivity index (χ3v) is 3.90. The fraction of sp³-hybridized carbons (Fsp3) is 0.500. The van der Waals surface area contributed by atoms with E-state index in [1.165, 1.54) is 6.26 Å². The fourth-order valence-corrected chi connectivity index (χ4v) is 2.53. The summed E-state index contributed by atoms with van der Waals surface area (Å²) in [6.45, 7) is 2.25. The Balaban J connectivity index is 2.62. The quantitative estimate of drug-likeness (QED) is 0.809. The van der Waals surface area contributed by atoms with Crippen molar-refractivity contribution in [1.82, 2.24) is 0 Å². The second kappa shape index (κ2) is 6.54. The molecule has 0 amide bonds. The van der Waals surface area contributed by atoms with Crippen molar-refractivity contribution in [1.29, 1.82) is 0 Å². The summed E-state index contributed by atoms with van der Waals surface area (Å²) in [4.78, 5) is 0. The standard InChI is InChI=1S/C12H18BrNO3S/c1-9(14)11-8-10(13)4-5-12(11)17-6-3-7-18(2,15)16/h4-5,8-9H,3,6-7,14H2,1-2H3/t9-/m0/s1. The molecule has 4 nitrogen and oxygen atoms in total. The topological polar surface area (TPSA) is 69.4 Å². The molecule has 0 saturated carbocycles. The van der Waals surface area contributed by atoms with Crippen molar-refractivity contribution in [2.45, 2.75) is 19.4 Å². The van der Waals surface area contributed by atoms with Gasteiger partial charge in [-0.25, -0.2) is 8.42 Å². The second-order valence-electron chi connectivity index (χ2n) is 4.30. The van der Waals surface area contributed by atoms with Crippen LogP contribution in [0.2, 0.25) is 0 Å². The van der Waals surface area contributed by atoms with E-state index in [2.05, 4.69) is 15.9 Å². The Kier molecular flexibility index (Phi) is 5.62. The molecule has 0 fully saturated rings. The lowest BCUT2D eigenvalue weighted by Gasteiger charge is -2.14. The second-order valence-corrected chi connectivity index (χ2v) is 7.48. The lowest BCUT2D eigenvalue weighted by Crippen LogP contribution is -2.11. The SMILES string of the molecule is C[C@H](N)c1cc(Br)ccc1OCCCS(C)(=O)=O. The highest BCUT2D eigenvalue weighted by Crippen LogP contribution is 2.27. The van der Waals surface area contributed by atoms with Crippen LogP contribution in [0.4, 0.5) is 0 Å². The number of hydrogen-bond acceptors (Lipinski definition) is 4. The fourth-order valence-electron chi connectivity index (χ4n) is 1.51. The summed E-state index contributed by atoms with van der Waals surface area (Å²) in [6, 6.07) is 5.49. The lowest BCUT2D eigenvalue weighted by atomic mass is 10.1. The van der Waals surface area contributed by atoms with Crippen LogP contribution in [0, 0.1) is 0 Å². The van der Waals surface area contributed by atoms with Gasteiger partial charge in [-0.1, -0.05) is 15.9 Å². The summed E-state index contributed by atoms with van der Waals surface area (Å²) in [7, 11) is -2.92. The molecule has 102 valence electrons. The van der Waals surface area contributed by atoms with Gasteiger partial charge in [0.05, 0.1) is 12.4 Å². The van der Waals surface area contributed by atoms with Crippen molar-refractivity contribution in [2.24, 2.45) is 5.73 Å². The number of rotatable bonds is 6. The van der Waals surface area contributed by atoms with Crippen molar-refractivity contribution in [2.75, 3.05) is 18.6 Å². The van der Waals surface area contributed by atoms with E-state index in [0.29, 0.717) is 18.8 Å². The van der Waals surface area contributed by atoms with Gasteiger partial charge < -0.3 is 10.5 Å². The van der Waals surface area contributed by atoms with Gasteiger partial charge in [0.15, 0.2) is 0 Å². The minimum Gasteiger partial charge on any atom is -0.493 e. The van der Waals surface area contributed by atoms with Gasteiger partial charge in [-0.3, -0.25) is 0 Å². The molecule has 0 aromatic heterocycles. The monoisotopic (exact) mass is 335 g/mol. The molecule has 0 aliphatic heterocycles. The molecule has 18 heavy (non-hydrogen) atoms. The number of nitrogens with two attached hydrogens (primary N) is 1. The molecule has 1 aromatic rings. The summed E-state index contributed by atoms with van der Waals surface area (Å²) in [5.41, 5.74) is 6.77. The molecule has 6 heteroatoms. The van der Waals surface area contributed by atoms with Crippen molar-refractivity contribution < 1.29 is 13.2 Å². The third kappa shape index (κ3) is 5.37. The molecule has 1 atom stereocenters. The van der Waals surface area contributed by atoms with Gasteiger partial charge in [0, 0.05) is 22.3 Å². The number of benzene rings is 1. The average Bonchev–Trinajstić information content (AvgIpc) is 2.24. The predicted molar refractivity (Wildman–Crippen MR) is 76.6 cm³/mol. The molecule has 0 aliphatic carbocycles. The Morgan fingerprint density at radius 2 is 2.11 bits per heavy atom. The Bertz CT molecular complexity index is 500. The smallest absolute Gasteiger partial charge is 0.147 e. The third-order valence-electron chi connectivity index (χ3n) is 2.38. The molecule has 1 aromatic carbocycles. The highest BCUT2D eigenvalue weighted by atomic mass is 79.9. The van der Waals surface area contributed by atoms with E-state index < -0.39 is 9.84 Å². The van der Waals surface area contributed by atoms with E-state index in [9.17, 15) is 8.42 Å². The van der Waals surface area contributed by atoms with Crippen LogP contribution >= 0.6 is 15.9 Å². The maximum atomic E-state index is 11.0. The number of hydrogen-bond donors (Lipinski definition) is 1. The van der Waals surface area contributed by atoms with Crippen LogP contribution in [0.5, 0.6) is 5.75 Å². The van der Waals surface area contributed by atoms with Crippen molar-refractivity contribution in [3.63, 3.8) is 0 Å². The van der Waals surface area contributed by atoms with Gasteiger partial charge >= 0.3 is 0 Å². The number of halogens is 1. The zero-order chi connectivity index (χ0) is 13.8. The zero-order valence-corrected chi connectivity index (χ0v) is 12.9. The van der Waals surface area contributed by atoms with E-state index in [4.69, 9.17) is 10.5 Å². The van der Waals surface area contributed by atoms with Crippen LogP contribution < -0.4 is 10.5 Å². The predicted octanol–water partition coefficient (Wildman–Crippen LogP) is 2.28. The van der Waals surface area contributed by atoms with Gasteiger partial charge in [-0.15, -0.1) is 0 Å². The van der Waals surface area contributed by atoms with Gasteiger partial charge in [-0.2, -0.15) is 0 Å². The summed E-state index contributed by atoms with van der Waals surface area (Å²) in [5, 5.41) is 0. The summed E-state index contributed by atoms with van der Waals surface area (Å²) in [5.74, 6) is 0.846. The van der Waals surface area contributed by atoms with E-state index in [-0.39, 0.29) is 11.8 Å². The highest BCUT2D eigenvalue weighted by Gasteiger charge is 2.09. The molecule has 1 rings (SSSR count). The Morgan fingerprint density at radius 1 is 1.44 bits per heavy atom. The largest absolute Gasteiger partial charge is 0.493 e. The van der Waals surface area contributed by atoms with Crippen molar-refractivity contribution in [3.05, 3.63) is 28.2 Å². The normalized spacial score (nSPS) is 13.3. The Hall–Kier alpha value is -0.590.